The van der Waals surface area contributed by atoms with E-state index in [1.54, 1.807) is 49.3 Å². The van der Waals surface area contributed by atoms with Gasteiger partial charge in [0.05, 0.1) is 37.1 Å². The lowest BCUT2D eigenvalue weighted by atomic mass is 9.80. The van der Waals surface area contributed by atoms with Crippen molar-refractivity contribution in [2.75, 3.05) is 25.2 Å². The number of aliphatic hydroxyl groups excluding tert-OH is 4. The van der Waals surface area contributed by atoms with Gasteiger partial charge in [0.25, 0.3) is 5.91 Å². The minimum absolute atomic E-state index is 0.0807. The van der Waals surface area contributed by atoms with Gasteiger partial charge in [-0.15, -0.1) is 0 Å². The van der Waals surface area contributed by atoms with E-state index in [1.807, 2.05) is 6.26 Å². The molecule has 0 radical (unpaired) electrons. The summed E-state index contributed by atoms with van der Waals surface area (Å²) < 4.78 is 23.4. The van der Waals surface area contributed by atoms with E-state index in [-0.39, 0.29) is 18.6 Å². The molecule has 14 heteroatoms. The maximum absolute atomic E-state index is 13.1. The number of amides is 2. The van der Waals surface area contributed by atoms with Crippen LogP contribution in [0.25, 0.3) is 0 Å². The number of rotatable bonds is 13. The fraction of sp³-hybridized carbons (Fsp3) is 0.917. The van der Waals surface area contributed by atoms with Gasteiger partial charge in [0.1, 0.15) is 24.4 Å². The molecule has 222 valence electrons. The molecule has 0 bridgehead atoms. The summed E-state index contributed by atoms with van der Waals surface area (Å²) in [4.78, 5) is 25.1. The van der Waals surface area contributed by atoms with Crippen LogP contribution in [-0.4, -0.2) is 125 Å². The molecule has 2 saturated heterocycles. The van der Waals surface area contributed by atoms with E-state index in [0.717, 1.165) is 0 Å². The van der Waals surface area contributed by atoms with Crippen molar-refractivity contribution < 1.29 is 49.0 Å². The first-order valence-electron chi connectivity index (χ1n) is 12.9. The number of carbonyl (C=O) groups is 2. The molecule has 2 aliphatic rings. The van der Waals surface area contributed by atoms with Gasteiger partial charge >= 0.3 is 0 Å². The SMILES string of the molecule is CSSCCNC(=O)C1OC(CC2C(O)C(CO)OC(OC(C)C)C2NC(C)=O)C(O)C(O)C1OC(C)C. The average molecular weight is 585 g/mol. The molecule has 2 heterocycles. The van der Waals surface area contributed by atoms with Crippen LogP contribution in [0.3, 0.4) is 0 Å². The maximum Gasteiger partial charge on any atom is 0.252 e. The quantitative estimate of drug-likeness (QED) is 0.120. The lowest BCUT2D eigenvalue weighted by Crippen LogP contribution is -2.66. The minimum atomic E-state index is -1.46. The molecule has 0 spiro atoms. The van der Waals surface area contributed by atoms with Crippen LogP contribution in [0.5, 0.6) is 0 Å². The predicted molar refractivity (Wildman–Crippen MR) is 143 cm³/mol. The van der Waals surface area contributed by atoms with E-state index in [2.05, 4.69) is 10.6 Å². The Bertz CT molecular complexity index is 749. The number of nitrogens with one attached hydrogen (secondary N) is 2. The van der Waals surface area contributed by atoms with Gasteiger partial charge in [0, 0.05) is 25.1 Å². The molecular weight excluding hydrogens is 540 g/mol. The zero-order chi connectivity index (χ0) is 28.6. The number of hydrogen-bond acceptors (Lipinski definition) is 12. The molecule has 2 amide bonds. The van der Waals surface area contributed by atoms with Gasteiger partial charge < -0.3 is 50.0 Å². The third-order valence-corrected chi connectivity index (χ3v) is 8.13. The van der Waals surface area contributed by atoms with E-state index in [1.165, 1.54) is 6.92 Å². The third kappa shape index (κ3) is 9.18. The van der Waals surface area contributed by atoms with Crippen LogP contribution in [-0.2, 0) is 28.5 Å². The topological polar surface area (TPSA) is 176 Å². The summed E-state index contributed by atoms with van der Waals surface area (Å²) in [6.07, 6.45) is -8.47. The van der Waals surface area contributed by atoms with E-state index in [9.17, 15) is 30.0 Å². The first-order chi connectivity index (χ1) is 17.9. The molecule has 2 aliphatic heterocycles. The number of ether oxygens (including phenoxy) is 4. The first-order valence-corrected chi connectivity index (χ1v) is 15.6. The van der Waals surface area contributed by atoms with Crippen molar-refractivity contribution in [3.05, 3.63) is 0 Å². The van der Waals surface area contributed by atoms with Crippen LogP contribution >= 0.6 is 21.6 Å². The lowest BCUT2D eigenvalue weighted by Gasteiger charge is -2.48. The Morgan fingerprint density at radius 3 is 2.18 bits per heavy atom. The van der Waals surface area contributed by atoms with Gasteiger partial charge in [-0.3, -0.25) is 9.59 Å². The Labute approximate surface area is 232 Å². The molecule has 12 nitrogen and oxygen atoms in total. The molecule has 6 N–H and O–H groups in total. The average Bonchev–Trinajstić information content (AvgIpc) is 2.84. The summed E-state index contributed by atoms with van der Waals surface area (Å²) in [6.45, 7) is 8.23. The molecule has 0 aromatic carbocycles. The number of carbonyl (C=O) groups excluding carboxylic acids is 2. The zero-order valence-electron chi connectivity index (χ0n) is 22.8. The second-order valence-corrected chi connectivity index (χ2v) is 12.7. The molecule has 38 heavy (non-hydrogen) atoms. The summed E-state index contributed by atoms with van der Waals surface area (Å²) in [5.74, 6) is -1.04. The van der Waals surface area contributed by atoms with Gasteiger partial charge in [0.2, 0.25) is 5.91 Å². The van der Waals surface area contributed by atoms with Crippen molar-refractivity contribution in [1.82, 2.24) is 10.6 Å². The Morgan fingerprint density at radius 1 is 0.974 bits per heavy atom. The standard InChI is InChI=1S/C24H44N2O10S2/c1-11(2)33-21-20(31)19(30)15(35-22(21)23(32)25-7-8-38-37-6)9-14-17(26-13(5)28)24(34-12(3)4)36-16(10-27)18(14)29/h11-12,14-22,24,27,29-31H,7-10H2,1-6H3,(H,25,32)(H,26,28). The molecule has 2 rings (SSSR count). The van der Waals surface area contributed by atoms with Crippen molar-refractivity contribution in [2.45, 2.75) is 108 Å². The van der Waals surface area contributed by atoms with Crippen LogP contribution < -0.4 is 10.6 Å². The largest absolute Gasteiger partial charge is 0.394 e. The van der Waals surface area contributed by atoms with Crippen molar-refractivity contribution in [3.8, 4) is 0 Å². The van der Waals surface area contributed by atoms with Gasteiger partial charge in [0.15, 0.2) is 12.4 Å². The molecule has 10 atom stereocenters. The lowest BCUT2D eigenvalue weighted by molar-refractivity contribution is -0.279. The van der Waals surface area contributed by atoms with Crippen LogP contribution in [0.2, 0.25) is 0 Å². The van der Waals surface area contributed by atoms with Crippen molar-refractivity contribution in [1.29, 1.82) is 0 Å². The van der Waals surface area contributed by atoms with Crippen LogP contribution in [0, 0.1) is 5.92 Å². The van der Waals surface area contributed by atoms with Gasteiger partial charge in [-0.1, -0.05) is 21.6 Å². The smallest absolute Gasteiger partial charge is 0.252 e. The zero-order valence-corrected chi connectivity index (χ0v) is 24.4. The molecule has 0 saturated carbocycles. The summed E-state index contributed by atoms with van der Waals surface area (Å²) in [7, 11) is 3.15. The third-order valence-electron chi connectivity index (χ3n) is 6.32. The highest BCUT2D eigenvalue weighted by Crippen LogP contribution is 2.35. The monoisotopic (exact) mass is 584 g/mol. The highest BCUT2D eigenvalue weighted by molar-refractivity contribution is 8.76. The Balaban J connectivity index is 2.33. The van der Waals surface area contributed by atoms with Crippen molar-refractivity contribution in [2.24, 2.45) is 5.92 Å². The Morgan fingerprint density at radius 2 is 1.63 bits per heavy atom. The maximum atomic E-state index is 13.1. The second-order valence-electron chi connectivity index (χ2n) is 10.0. The molecule has 0 aromatic rings. The molecule has 0 aliphatic carbocycles. The van der Waals surface area contributed by atoms with Gasteiger partial charge in [-0.05, 0) is 40.4 Å². The summed E-state index contributed by atoms with van der Waals surface area (Å²) in [5.41, 5.74) is 0. The second kappa shape index (κ2) is 15.9. The van der Waals surface area contributed by atoms with Crippen LogP contribution in [0.15, 0.2) is 0 Å². The Kier molecular flexibility index (Phi) is 14.1. The molecule has 2 fully saturated rings. The predicted octanol–water partition coefficient (Wildman–Crippen LogP) is -0.589. The summed E-state index contributed by atoms with van der Waals surface area (Å²) in [6, 6.07) is -0.860. The highest BCUT2D eigenvalue weighted by Gasteiger charge is 2.52. The van der Waals surface area contributed by atoms with Gasteiger partial charge in [-0.25, -0.2) is 0 Å². The van der Waals surface area contributed by atoms with Crippen LogP contribution in [0.1, 0.15) is 41.0 Å². The summed E-state index contributed by atoms with van der Waals surface area (Å²) in [5, 5.41) is 48.4. The highest BCUT2D eigenvalue weighted by atomic mass is 33.1. The first kappa shape index (κ1) is 33.5. The number of hydrogen-bond donors (Lipinski definition) is 6. The molecule has 10 unspecified atom stereocenters. The molecular formula is C24H44N2O10S2. The Hall–Kier alpha value is -0.680. The van der Waals surface area contributed by atoms with Gasteiger partial charge in [-0.2, -0.15) is 0 Å². The fourth-order valence-electron chi connectivity index (χ4n) is 4.74. The van der Waals surface area contributed by atoms with E-state index < -0.39 is 79.4 Å². The van der Waals surface area contributed by atoms with E-state index >= 15 is 0 Å². The molecule has 0 aromatic heterocycles. The van der Waals surface area contributed by atoms with Crippen LogP contribution in [0.4, 0.5) is 0 Å². The van der Waals surface area contributed by atoms with Crippen molar-refractivity contribution >= 4 is 33.4 Å². The van der Waals surface area contributed by atoms with Crippen molar-refractivity contribution in [3.63, 3.8) is 0 Å². The normalized spacial score (nSPS) is 35.9. The van der Waals surface area contributed by atoms with E-state index in [0.29, 0.717) is 12.3 Å². The number of aliphatic hydroxyl groups is 4. The summed E-state index contributed by atoms with van der Waals surface area (Å²) >= 11 is 0. The fourth-order valence-corrected chi connectivity index (χ4v) is 5.84. The van der Waals surface area contributed by atoms with E-state index in [4.69, 9.17) is 18.9 Å². The minimum Gasteiger partial charge on any atom is -0.394 e.